The second-order valence-corrected chi connectivity index (χ2v) is 7.47. The van der Waals surface area contributed by atoms with Crippen LogP contribution in [0.1, 0.15) is 22.3 Å². The van der Waals surface area contributed by atoms with Gasteiger partial charge in [0.1, 0.15) is 5.75 Å². The average molecular weight is 389 g/mol. The van der Waals surface area contributed by atoms with E-state index in [2.05, 4.69) is 114 Å². The highest BCUT2D eigenvalue weighted by atomic mass is 16.5. The second-order valence-electron chi connectivity index (χ2n) is 7.47. The average Bonchev–Trinajstić information content (AvgIpc) is 3.30. The van der Waals surface area contributed by atoms with Gasteiger partial charge in [0.25, 0.3) is 0 Å². The summed E-state index contributed by atoms with van der Waals surface area (Å²) >= 11 is 0. The van der Waals surface area contributed by atoms with Crippen LogP contribution in [-0.4, -0.2) is 12.1 Å². The third kappa shape index (κ3) is 2.81. The maximum absolute atomic E-state index is 5.80. The number of hydrogen-bond acceptors (Lipinski definition) is 1. The van der Waals surface area contributed by atoms with Crippen molar-refractivity contribution in [2.75, 3.05) is 7.11 Å². The van der Waals surface area contributed by atoms with Gasteiger partial charge in [-0.05, 0) is 40.5 Å². The summed E-state index contributed by atoms with van der Waals surface area (Å²) in [5.74, 6) is 0.847. The van der Waals surface area contributed by atoms with Crippen LogP contribution in [0.2, 0.25) is 0 Å². The molecule has 0 aliphatic carbocycles. The number of hydrogen-bond donors (Lipinski definition) is 1. The van der Waals surface area contributed by atoms with E-state index < -0.39 is 5.41 Å². The van der Waals surface area contributed by atoms with E-state index in [9.17, 15) is 0 Å². The topological polar surface area (TPSA) is 25.0 Å². The van der Waals surface area contributed by atoms with Crippen molar-refractivity contribution in [2.45, 2.75) is 5.41 Å². The van der Waals surface area contributed by atoms with E-state index in [-0.39, 0.29) is 0 Å². The van der Waals surface area contributed by atoms with Crippen molar-refractivity contribution in [3.05, 3.63) is 138 Å². The lowest BCUT2D eigenvalue weighted by Gasteiger charge is -2.37. The fourth-order valence-corrected chi connectivity index (χ4v) is 4.58. The number of fused-ring (bicyclic) bond motifs is 1. The molecule has 2 heteroatoms. The molecule has 1 N–H and O–H groups in total. The van der Waals surface area contributed by atoms with Crippen LogP contribution in [0.5, 0.6) is 5.75 Å². The number of H-pyrrole nitrogens is 1. The van der Waals surface area contributed by atoms with Crippen LogP contribution in [0, 0.1) is 0 Å². The lowest BCUT2D eigenvalue weighted by atomic mass is 9.65. The Morgan fingerprint density at radius 1 is 0.600 bits per heavy atom. The van der Waals surface area contributed by atoms with E-state index in [0.717, 1.165) is 16.7 Å². The van der Waals surface area contributed by atoms with E-state index in [1.165, 1.54) is 22.3 Å². The number of nitrogens with one attached hydrogen (secondary N) is 1. The van der Waals surface area contributed by atoms with Gasteiger partial charge in [0.2, 0.25) is 0 Å². The first-order valence-corrected chi connectivity index (χ1v) is 10.2. The lowest BCUT2D eigenvalue weighted by molar-refractivity contribution is 0.418. The third-order valence-electron chi connectivity index (χ3n) is 5.90. The van der Waals surface area contributed by atoms with Gasteiger partial charge in [0.15, 0.2) is 0 Å². The fourth-order valence-electron chi connectivity index (χ4n) is 4.58. The van der Waals surface area contributed by atoms with Crippen molar-refractivity contribution < 1.29 is 4.74 Å². The highest BCUT2D eigenvalue weighted by Crippen LogP contribution is 2.47. The summed E-state index contributed by atoms with van der Waals surface area (Å²) in [6, 6.07) is 38.7. The molecule has 0 spiro atoms. The molecule has 4 aromatic carbocycles. The predicted molar refractivity (Wildman–Crippen MR) is 123 cm³/mol. The minimum absolute atomic E-state index is 0.470. The molecule has 146 valence electrons. The van der Waals surface area contributed by atoms with Crippen LogP contribution in [0.25, 0.3) is 10.9 Å². The molecule has 0 aliphatic rings. The minimum atomic E-state index is -0.470. The van der Waals surface area contributed by atoms with Crippen LogP contribution in [0.3, 0.4) is 0 Å². The molecule has 1 heterocycles. The van der Waals surface area contributed by atoms with Crippen molar-refractivity contribution >= 4 is 10.9 Å². The first kappa shape index (κ1) is 18.3. The number of aromatic amines is 1. The van der Waals surface area contributed by atoms with Gasteiger partial charge in [-0.2, -0.15) is 0 Å². The van der Waals surface area contributed by atoms with E-state index in [1.807, 2.05) is 6.20 Å². The van der Waals surface area contributed by atoms with Gasteiger partial charge >= 0.3 is 0 Å². The van der Waals surface area contributed by atoms with Crippen molar-refractivity contribution in [1.29, 1.82) is 0 Å². The molecule has 30 heavy (non-hydrogen) atoms. The third-order valence-corrected chi connectivity index (χ3v) is 5.90. The van der Waals surface area contributed by atoms with Gasteiger partial charge in [-0.25, -0.2) is 0 Å². The Bertz CT molecular complexity index is 1160. The van der Waals surface area contributed by atoms with Gasteiger partial charge in [-0.15, -0.1) is 0 Å². The number of benzene rings is 4. The number of aromatic nitrogens is 1. The van der Waals surface area contributed by atoms with Crippen LogP contribution in [0.4, 0.5) is 0 Å². The number of ether oxygens (including phenoxy) is 1. The zero-order chi connectivity index (χ0) is 20.4. The van der Waals surface area contributed by atoms with E-state index >= 15 is 0 Å². The van der Waals surface area contributed by atoms with Gasteiger partial charge in [0, 0.05) is 11.6 Å². The van der Waals surface area contributed by atoms with Gasteiger partial charge < -0.3 is 9.72 Å². The summed E-state index contributed by atoms with van der Waals surface area (Å²) in [7, 11) is 1.73. The summed E-state index contributed by atoms with van der Waals surface area (Å²) < 4.78 is 5.80. The summed E-state index contributed by atoms with van der Waals surface area (Å²) in [5.41, 5.74) is 5.39. The number of methoxy groups -OCH3 is 1. The highest BCUT2D eigenvalue weighted by molar-refractivity contribution is 5.87. The summed E-state index contributed by atoms with van der Waals surface area (Å²) in [5, 5.41) is 1.14. The monoisotopic (exact) mass is 389 g/mol. The first-order valence-electron chi connectivity index (χ1n) is 10.2. The second kappa shape index (κ2) is 7.57. The lowest BCUT2D eigenvalue weighted by Crippen LogP contribution is -2.31. The SMILES string of the molecule is COc1cc(C(c2ccccc2)(c2ccccc2)c2ccccc2)cc2cc[nH]c12. The maximum Gasteiger partial charge on any atom is 0.143 e. The molecule has 0 radical (unpaired) electrons. The first-order chi connectivity index (χ1) is 14.8. The molecule has 5 aromatic rings. The molecule has 2 nitrogen and oxygen atoms in total. The zero-order valence-electron chi connectivity index (χ0n) is 16.9. The molecule has 0 aliphatic heterocycles. The van der Waals surface area contributed by atoms with Crippen LogP contribution < -0.4 is 4.74 Å². The summed E-state index contributed by atoms with van der Waals surface area (Å²) in [4.78, 5) is 3.31. The molecule has 0 saturated carbocycles. The molecule has 0 unspecified atom stereocenters. The molecule has 0 bridgehead atoms. The zero-order valence-corrected chi connectivity index (χ0v) is 16.9. The summed E-state index contributed by atoms with van der Waals surface area (Å²) in [6.07, 6.45) is 1.96. The minimum Gasteiger partial charge on any atom is -0.495 e. The fraction of sp³-hybridized carbons (Fsp3) is 0.0714. The Labute approximate surface area is 176 Å². The Balaban J connectivity index is 1.94. The molecule has 1 aromatic heterocycles. The van der Waals surface area contributed by atoms with Crippen LogP contribution >= 0.6 is 0 Å². The molecule has 0 atom stereocenters. The van der Waals surface area contributed by atoms with E-state index in [0.29, 0.717) is 0 Å². The summed E-state index contributed by atoms with van der Waals surface area (Å²) in [6.45, 7) is 0. The highest BCUT2D eigenvalue weighted by Gasteiger charge is 2.38. The Morgan fingerprint density at radius 3 is 1.57 bits per heavy atom. The van der Waals surface area contributed by atoms with Gasteiger partial charge in [-0.1, -0.05) is 91.0 Å². The van der Waals surface area contributed by atoms with Crippen molar-refractivity contribution in [1.82, 2.24) is 4.98 Å². The smallest absolute Gasteiger partial charge is 0.143 e. The van der Waals surface area contributed by atoms with Crippen molar-refractivity contribution in [2.24, 2.45) is 0 Å². The molecular weight excluding hydrogens is 366 g/mol. The normalized spacial score (nSPS) is 11.5. The largest absolute Gasteiger partial charge is 0.495 e. The quantitative estimate of drug-likeness (QED) is 0.338. The predicted octanol–water partition coefficient (Wildman–Crippen LogP) is 6.56. The Kier molecular flexibility index (Phi) is 4.61. The molecule has 0 fully saturated rings. The Morgan fingerprint density at radius 2 is 1.10 bits per heavy atom. The van der Waals surface area contributed by atoms with E-state index in [1.54, 1.807) is 7.11 Å². The van der Waals surface area contributed by atoms with Gasteiger partial charge in [-0.3, -0.25) is 0 Å². The standard InChI is InChI=1S/C28H23NO/c1-30-26-20-25(19-21-17-18-29-27(21)26)28(22-11-5-2-6-12-22,23-13-7-3-8-14-23)24-15-9-4-10-16-24/h2-20,29H,1H3. The molecule has 0 amide bonds. The van der Waals surface area contributed by atoms with Crippen LogP contribution in [0.15, 0.2) is 115 Å². The Hall–Kier alpha value is -3.78. The van der Waals surface area contributed by atoms with E-state index in [4.69, 9.17) is 4.74 Å². The van der Waals surface area contributed by atoms with Crippen molar-refractivity contribution in [3.63, 3.8) is 0 Å². The molecule has 5 rings (SSSR count). The number of rotatable bonds is 5. The van der Waals surface area contributed by atoms with Gasteiger partial charge in [0.05, 0.1) is 18.0 Å². The maximum atomic E-state index is 5.80. The van der Waals surface area contributed by atoms with Crippen LogP contribution in [-0.2, 0) is 5.41 Å². The van der Waals surface area contributed by atoms with Crippen molar-refractivity contribution in [3.8, 4) is 5.75 Å². The molecule has 0 saturated heterocycles. The molecular formula is C28H23NO.